The van der Waals surface area contributed by atoms with Crippen molar-refractivity contribution in [2.24, 2.45) is 17.8 Å². The van der Waals surface area contributed by atoms with Crippen LogP contribution in [0.2, 0.25) is 0 Å². The average molecular weight is 172 g/mol. The largest absolute Gasteiger partial charge is 0.481 e. The fourth-order valence-corrected chi connectivity index (χ4v) is 1.81. The van der Waals surface area contributed by atoms with E-state index < -0.39 is 5.97 Å². The van der Waals surface area contributed by atoms with Gasteiger partial charge in [0.25, 0.3) is 0 Å². The number of aliphatic carboxylic acids is 1. The molecular formula is C9H16O3. The number of hydrogen-bond acceptors (Lipinski definition) is 2. The molecule has 0 aliphatic carbocycles. The summed E-state index contributed by atoms with van der Waals surface area (Å²) in [5, 5.41) is 8.88. The molecule has 1 N–H and O–H groups in total. The third-order valence-corrected chi connectivity index (χ3v) is 2.58. The molecule has 0 aromatic rings. The molecule has 1 aliphatic rings. The maximum atomic E-state index is 10.8. The fourth-order valence-electron chi connectivity index (χ4n) is 1.81. The van der Waals surface area contributed by atoms with Gasteiger partial charge in [0, 0.05) is 6.61 Å². The molecule has 2 atom stereocenters. The van der Waals surface area contributed by atoms with Crippen molar-refractivity contribution in [1.82, 2.24) is 0 Å². The quantitative estimate of drug-likeness (QED) is 0.684. The molecule has 0 aromatic heterocycles. The number of carboxylic acid groups (broad SMARTS) is 1. The third-order valence-electron chi connectivity index (χ3n) is 2.58. The van der Waals surface area contributed by atoms with Crippen molar-refractivity contribution in [3.63, 3.8) is 0 Å². The molecule has 0 aromatic carbocycles. The standard InChI is InChI=1S/C9H16O3/c1-6(2)7-3-4-12-5-8(7)9(10)11/h6-8H,3-5H2,1-2H3,(H,10,11). The summed E-state index contributed by atoms with van der Waals surface area (Å²) < 4.78 is 5.14. The SMILES string of the molecule is CC(C)C1CCOCC1C(=O)O. The van der Waals surface area contributed by atoms with E-state index in [1.54, 1.807) is 0 Å². The lowest BCUT2D eigenvalue weighted by Crippen LogP contribution is -2.36. The number of rotatable bonds is 2. The number of carbonyl (C=O) groups is 1. The fraction of sp³-hybridized carbons (Fsp3) is 0.889. The van der Waals surface area contributed by atoms with Crippen LogP contribution in [0.5, 0.6) is 0 Å². The predicted octanol–water partition coefficient (Wildman–Crippen LogP) is 1.38. The molecule has 0 amide bonds. The summed E-state index contributed by atoms with van der Waals surface area (Å²) in [6, 6.07) is 0. The normalized spacial score (nSPS) is 30.6. The third kappa shape index (κ3) is 1.97. The second-order valence-electron chi connectivity index (χ2n) is 3.72. The van der Waals surface area contributed by atoms with Gasteiger partial charge in [-0.1, -0.05) is 13.8 Å². The average Bonchev–Trinajstić information content (AvgIpc) is 2.04. The van der Waals surface area contributed by atoms with Crippen LogP contribution in [0.25, 0.3) is 0 Å². The van der Waals surface area contributed by atoms with Crippen LogP contribution in [0.15, 0.2) is 0 Å². The van der Waals surface area contributed by atoms with Gasteiger partial charge in [-0.3, -0.25) is 4.79 Å². The van der Waals surface area contributed by atoms with Gasteiger partial charge in [-0.15, -0.1) is 0 Å². The van der Waals surface area contributed by atoms with Gasteiger partial charge in [-0.25, -0.2) is 0 Å². The molecule has 12 heavy (non-hydrogen) atoms. The summed E-state index contributed by atoms with van der Waals surface area (Å²) in [7, 11) is 0. The van der Waals surface area contributed by atoms with E-state index in [9.17, 15) is 4.79 Å². The van der Waals surface area contributed by atoms with Gasteiger partial charge in [0.15, 0.2) is 0 Å². The zero-order valence-corrected chi connectivity index (χ0v) is 7.62. The van der Waals surface area contributed by atoms with Gasteiger partial charge in [-0.05, 0) is 18.3 Å². The maximum absolute atomic E-state index is 10.8. The second-order valence-corrected chi connectivity index (χ2v) is 3.72. The minimum Gasteiger partial charge on any atom is -0.481 e. The first-order valence-electron chi connectivity index (χ1n) is 4.43. The molecular weight excluding hydrogens is 156 g/mol. The van der Waals surface area contributed by atoms with Crippen LogP contribution >= 0.6 is 0 Å². The lowest BCUT2D eigenvalue weighted by molar-refractivity contribution is -0.150. The number of carboxylic acids is 1. The monoisotopic (exact) mass is 172 g/mol. The van der Waals surface area contributed by atoms with Crippen molar-refractivity contribution >= 4 is 5.97 Å². The molecule has 0 bridgehead atoms. The van der Waals surface area contributed by atoms with Gasteiger partial charge in [0.2, 0.25) is 0 Å². The van der Waals surface area contributed by atoms with Gasteiger partial charge >= 0.3 is 5.97 Å². The first-order valence-corrected chi connectivity index (χ1v) is 4.43. The zero-order valence-electron chi connectivity index (χ0n) is 7.62. The lowest BCUT2D eigenvalue weighted by atomic mass is 9.80. The number of hydrogen-bond donors (Lipinski definition) is 1. The Labute approximate surface area is 72.7 Å². The van der Waals surface area contributed by atoms with Crippen LogP contribution in [-0.2, 0) is 9.53 Å². The maximum Gasteiger partial charge on any atom is 0.309 e. The predicted molar refractivity (Wildman–Crippen MR) is 44.9 cm³/mol. The minimum absolute atomic E-state index is 0.288. The molecule has 2 unspecified atom stereocenters. The van der Waals surface area contributed by atoms with Crippen molar-refractivity contribution in [2.45, 2.75) is 20.3 Å². The summed E-state index contributed by atoms with van der Waals surface area (Å²) in [5.74, 6) is -0.279. The molecule has 0 saturated carbocycles. The molecule has 0 radical (unpaired) electrons. The van der Waals surface area contributed by atoms with Gasteiger partial charge in [-0.2, -0.15) is 0 Å². The molecule has 1 rings (SSSR count). The molecule has 70 valence electrons. The Morgan fingerprint density at radius 1 is 1.58 bits per heavy atom. The van der Waals surface area contributed by atoms with Crippen molar-refractivity contribution < 1.29 is 14.6 Å². The Bertz CT molecular complexity index is 165. The minimum atomic E-state index is -0.714. The highest BCUT2D eigenvalue weighted by Crippen LogP contribution is 2.28. The summed E-state index contributed by atoms with van der Waals surface area (Å²) >= 11 is 0. The van der Waals surface area contributed by atoms with E-state index >= 15 is 0 Å². The molecule has 3 nitrogen and oxygen atoms in total. The van der Waals surface area contributed by atoms with Crippen LogP contribution in [0, 0.1) is 17.8 Å². The first-order chi connectivity index (χ1) is 5.63. The van der Waals surface area contributed by atoms with E-state index in [0.717, 1.165) is 6.42 Å². The van der Waals surface area contributed by atoms with Crippen LogP contribution in [0.3, 0.4) is 0 Å². The molecule has 1 aliphatic heterocycles. The Morgan fingerprint density at radius 3 is 2.67 bits per heavy atom. The molecule has 0 spiro atoms. The van der Waals surface area contributed by atoms with E-state index in [1.807, 2.05) is 0 Å². The molecule has 1 saturated heterocycles. The Hall–Kier alpha value is -0.570. The van der Waals surface area contributed by atoms with E-state index in [1.165, 1.54) is 0 Å². The van der Waals surface area contributed by atoms with Gasteiger partial charge < -0.3 is 9.84 Å². The van der Waals surface area contributed by atoms with Crippen LogP contribution in [0.1, 0.15) is 20.3 Å². The smallest absolute Gasteiger partial charge is 0.309 e. The summed E-state index contributed by atoms with van der Waals surface area (Å²) in [6.07, 6.45) is 0.884. The highest BCUT2D eigenvalue weighted by molar-refractivity contribution is 5.70. The van der Waals surface area contributed by atoms with E-state index in [4.69, 9.17) is 9.84 Å². The second kappa shape index (κ2) is 3.90. The summed E-state index contributed by atoms with van der Waals surface area (Å²) in [5.41, 5.74) is 0. The molecule has 3 heteroatoms. The first kappa shape index (κ1) is 9.52. The van der Waals surface area contributed by atoms with Crippen LogP contribution in [0.4, 0.5) is 0 Å². The molecule has 1 heterocycles. The van der Waals surface area contributed by atoms with E-state index in [-0.39, 0.29) is 11.8 Å². The Morgan fingerprint density at radius 2 is 2.25 bits per heavy atom. The van der Waals surface area contributed by atoms with Gasteiger partial charge in [0.05, 0.1) is 12.5 Å². The zero-order chi connectivity index (χ0) is 9.14. The Kier molecular flexibility index (Phi) is 3.09. The van der Waals surface area contributed by atoms with Crippen molar-refractivity contribution in [3.05, 3.63) is 0 Å². The van der Waals surface area contributed by atoms with Crippen molar-refractivity contribution in [2.75, 3.05) is 13.2 Å². The van der Waals surface area contributed by atoms with E-state index in [2.05, 4.69) is 13.8 Å². The Balaban J connectivity index is 2.60. The van der Waals surface area contributed by atoms with E-state index in [0.29, 0.717) is 19.1 Å². The summed E-state index contributed by atoms with van der Waals surface area (Å²) in [6.45, 7) is 5.25. The van der Waals surface area contributed by atoms with Crippen molar-refractivity contribution in [3.8, 4) is 0 Å². The van der Waals surface area contributed by atoms with Gasteiger partial charge in [0.1, 0.15) is 0 Å². The highest BCUT2D eigenvalue weighted by atomic mass is 16.5. The highest BCUT2D eigenvalue weighted by Gasteiger charge is 2.33. The molecule has 1 fully saturated rings. The van der Waals surface area contributed by atoms with Crippen molar-refractivity contribution in [1.29, 1.82) is 0 Å². The van der Waals surface area contributed by atoms with Crippen LogP contribution in [-0.4, -0.2) is 24.3 Å². The number of ether oxygens (including phenoxy) is 1. The lowest BCUT2D eigenvalue weighted by Gasteiger charge is -2.31. The topological polar surface area (TPSA) is 46.5 Å². The van der Waals surface area contributed by atoms with Crippen LogP contribution < -0.4 is 0 Å². The summed E-state index contributed by atoms with van der Waals surface area (Å²) in [4.78, 5) is 10.8.